The van der Waals surface area contributed by atoms with Crippen molar-refractivity contribution in [2.45, 2.75) is 17.6 Å². The molecule has 114 valence electrons. The zero-order valence-corrected chi connectivity index (χ0v) is 14.7. The van der Waals surface area contributed by atoms with Gasteiger partial charge >= 0.3 is 0 Å². The molecule has 0 bridgehead atoms. The Bertz CT molecular complexity index is 680. The third kappa shape index (κ3) is 4.81. The summed E-state index contributed by atoms with van der Waals surface area (Å²) in [6.07, 6.45) is 0.637. The van der Waals surface area contributed by atoms with Crippen LogP contribution < -0.4 is 9.46 Å². The molecule has 1 N–H and O–H groups in total. The average molecular weight is 390 g/mol. The van der Waals surface area contributed by atoms with Crippen molar-refractivity contribution in [1.29, 1.82) is 0 Å². The fourth-order valence-corrected chi connectivity index (χ4v) is 4.85. The molecule has 2 rings (SSSR count). The van der Waals surface area contributed by atoms with Crippen molar-refractivity contribution >= 4 is 37.3 Å². The van der Waals surface area contributed by atoms with E-state index in [1.807, 2.05) is 31.2 Å². The molecule has 0 saturated heterocycles. The van der Waals surface area contributed by atoms with Gasteiger partial charge in [0.15, 0.2) is 0 Å². The number of hydrogen-bond acceptors (Lipinski definition) is 4. The molecule has 2 aromatic rings. The lowest BCUT2D eigenvalue weighted by molar-refractivity contribution is 0.340. The van der Waals surface area contributed by atoms with Crippen LogP contribution in [0.25, 0.3) is 0 Å². The molecular formula is C14H16BrNO3S2. The number of thiophene rings is 1. The molecule has 21 heavy (non-hydrogen) atoms. The van der Waals surface area contributed by atoms with E-state index >= 15 is 0 Å². The number of benzene rings is 1. The molecule has 0 unspecified atom stereocenters. The molecule has 0 spiro atoms. The van der Waals surface area contributed by atoms with Gasteiger partial charge in [0.1, 0.15) is 9.96 Å². The van der Waals surface area contributed by atoms with Crippen molar-refractivity contribution in [1.82, 2.24) is 4.72 Å². The van der Waals surface area contributed by atoms with E-state index in [9.17, 15) is 8.42 Å². The van der Waals surface area contributed by atoms with E-state index in [2.05, 4.69) is 20.7 Å². The lowest BCUT2D eigenvalue weighted by Crippen LogP contribution is -2.25. The topological polar surface area (TPSA) is 55.4 Å². The maximum absolute atomic E-state index is 12.0. The van der Waals surface area contributed by atoms with Gasteiger partial charge < -0.3 is 4.74 Å². The van der Waals surface area contributed by atoms with E-state index in [1.165, 1.54) is 11.3 Å². The van der Waals surface area contributed by atoms with E-state index in [0.29, 0.717) is 23.8 Å². The number of hydrogen-bond donors (Lipinski definition) is 1. The molecule has 0 fully saturated rings. The number of nitrogens with one attached hydrogen (secondary N) is 1. The lowest BCUT2D eigenvalue weighted by atomic mass is 10.1. The second-order valence-electron chi connectivity index (χ2n) is 4.28. The highest BCUT2D eigenvalue weighted by Gasteiger charge is 2.15. The summed E-state index contributed by atoms with van der Waals surface area (Å²) >= 11 is 4.46. The van der Waals surface area contributed by atoms with E-state index in [0.717, 1.165) is 15.1 Å². The minimum atomic E-state index is -3.41. The monoisotopic (exact) mass is 389 g/mol. The predicted molar refractivity (Wildman–Crippen MR) is 88.5 cm³/mol. The molecule has 7 heteroatoms. The summed E-state index contributed by atoms with van der Waals surface area (Å²) in [4.78, 5) is 0. The average Bonchev–Trinajstić information content (AvgIpc) is 2.88. The van der Waals surface area contributed by atoms with Crippen LogP contribution >= 0.6 is 27.3 Å². The first-order chi connectivity index (χ1) is 10.0. The molecule has 1 heterocycles. The fraction of sp³-hybridized carbons (Fsp3) is 0.286. The van der Waals surface area contributed by atoms with Crippen LogP contribution in [-0.4, -0.2) is 21.6 Å². The SMILES string of the molecule is CCOc1ccc(CCNS(=O)(=O)c2ccc(Br)s2)cc1. The van der Waals surface area contributed by atoms with Crippen LogP contribution in [0.5, 0.6) is 5.75 Å². The standard InChI is InChI=1S/C14H16BrNO3S2/c1-2-19-12-5-3-11(4-6-12)9-10-16-21(17,18)14-8-7-13(15)20-14/h3-8,16H,2,9-10H2,1H3. The van der Waals surface area contributed by atoms with Gasteiger partial charge in [0.05, 0.1) is 10.4 Å². The van der Waals surface area contributed by atoms with Crippen molar-refractivity contribution in [2.24, 2.45) is 0 Å². The van der Waals surface area contributed by atoms with Gasteiger partial charge in [-0.15, -0.1) is 11.3 Å². The summed E-state index contributed by atoms with van der Waals surface area (Å²) in [6, 6.07) is 11.0. The van der Waals surface area contributed by atoms with Crippen LogP contribution in [0.15, 0.2) is 44.4 Å². The third-order valence-electron chi connectivity index (χ3n) is 2.75. The highest BCUT2D eigenvalue weighted by molar-refractivity contribution is 9.11. The lowest BCUT2D eigenvalue weighted by Gasteiger charge is -2.06. The molecule has 0 atom stereocenters. The van der Waals surface area contributed by atoms with Crippen LogP contribution in [0, 0.1) is 0 Å². The second kappa shape index (κ2) is 7.40. The molecule has 0 aliphatic heterocycles. The van der Waals surface area contributed by atoms with Crippen molar-refractivity contribution in [3.63, 3.8) is 0 Å². The molecule has 1 aromatic heterocycles. The second-order valence-corrected chi connectivity index (χ2v) is 8.74. The third-order valence-corrected chi connectivity index (χ3v) is 6.33. The highest BCUT2D eigenvalue weighted by atomic mass is 79.9. The Morgan fingerprint density at radius 1 is 1.19 bits per heavy atom. The van der Waals surface area contributed by atoms with Gasteiger partial charge in [-0.05, 0) is 59.1 Å². The molecule has 0 saturated carbocycles. The van der Waals surface area contributed by atoms with Gasteiger partial charge in [-0.2, -0.15) is 0 Å². The number of rotatable bonds is 7. The van der Waals surface area contributed by atoms with Crippen molar-refractivity contribution in [3.05, 3.63) is 45.7 Å². The number of sulfonamides is 1. The highest BCUT2D eigenvalue weighted by Crippen LogP contribution is 2.25. The first-order valence-corrected chi connectivity index (χ1v) is 9.57. The maximum atomic E-state index is 12.0. The summed E-state index contributed by atoms with van der Waals surface area (Å²) in [6.45, 7) is 2.94. The fourth-order valence-electron chi connectivity index (χ4n) is 1.76. The van der Waals surface area contributed by atoms with Gasteiger partial charge in [-0.3, -0.25) is 0 Å². The smallest absolute Gasteiger partial charge is 0.250 e. The summed E-state index contributed by atoms with van der Waals surface area (Å²) in [5.41, 5.74) is 1.06. The molecule has 0 aliphatic carbocycles. The van der Waals surface area contributed by atoms with Crippen molar-refractivity contribution in [2.75, 3.05) is 13.2 Å². The Labute approximate surface area is 137 Å². The first-order valence-electron chi connectivity index (χ1n) is 6.48. The van der Waals surface area contributed by atoms with Gasteiger partial charge in [0.25, 0.3) is 0 Å². The molecule has 4 nitrogen and oxygen atoms in total. The summed E-state index contributed by atoms with van der Waals surface area (Å²) < 4.78 is 33.2. The Morgan fingerprint density at radius 3 is 2.48 bits per heavy atom. The summed E-state index contributed by atoms with van der Waals surface area (Å²) in [5.74, 6) is 0.824. The van der Waals surface area contributed by atoms with Crippen LogP contribution in [0.4, 0.5) is 0 Å². The maximum Gasteiger partial charge on any atom is 0.250 e. The predicted octanol–water partition coefficient (Wildman–Crippen LogP) is 3.43. The molecule has 0 aliphatic rings. The van der Waals surface area contributed by atoms with E-state index in [1.54, 1.807) is 12.1 Å². The van der Waals surface area contributed by atoms with E-state index in [4.69, 9.17) is 4.74 Å². The molecule has 0 amide bonds. The molecular weight excluding hydrogens is 374 g/mol. The normalized spacial score (nSPS) is 11.5. The molecule has 0 radical (unpaired) electrons. The van der Waals surface area contributed by atoms with Crippen molar-refractivity contribution in [3.8, 4) is 5.75 Å². The minimum absolute atomic E-state index is 0.320. The van der Waals surface area contributed by atoms with Crippen LogP contribution in [0.2, 0.25) is 0 Å². The van der Waals surface area contributed by atoms with E-state index < -0.39 is 10.0 Å². The quantitative estimate of drug-likeness (QED) is 0.788. The number of ether oxygens (including phenoxy) is 1. The minimum Gasteiger partial charge on any atom is -0.494 e. The van der Waals surface area contributed by atoms with Gasteiger partial charge in [-0.25, -0.2) is 13.1 Å². The Hall–Kier alpha value is -0.890. The van der Waals surface area contributed by atoms with Crippen LogP contribution in [0.3, 0.4) is 0 Å². The van der Waals surface area contributed by atoms with Crippen LogP contribution in [0.1, 0.15) is 12.5 Å². The Kier molecular flexibility index (Phi) is 5.80. The van der Waals surface area contributed by atoms with Gasteiger partial charge in [-0.1, -0.05) is 12.1 Å². The Balaban J connectivity index is 1.89. The van der Waals surface area contributed by atoms with Crippen molar-refractivity contribution < 1.29 is 13.2 Å². The van der Waals surface area contributed by atoms with Gasteiger partial charge in [0.2, 0.25) is 10.0 Å². The Morgan fingerprint density at radius 2 is 1.90 bits per heavy atom. The summed E-state index contributed by atoms with van der Waals surface area (Å²) in [7, 11) is -3.41. The van der Waals surface area contributed by atoms with Gasteiger partial charge in [0, 0.05) is 6.54 Å². The largest absolute Gasteiger partial charge is 0.494 e. The summed E-state index contributed by atoms with van der Waals surface area (Å²) in [5, 5.41) is 0. The zero-order chi connectivity index (χ0) is 15.3. The number of halogens is 1. The zero-order valence-electron chi connectivity index (χ0n) is 11.5. The first kappa shape index (κ1) is 16.5. The molecule has 1 aromatic carbocycles. The van der Waals surface area contributed by atoms with Crippen LogP contribution in [-0.2, 0) is 16.4 Å². The van der Waals surface area contributed by atoms with E-state index in [-0.39, 0.29) is 0 Å².